The quantitative estimate of drug-likeness (QED) is 0.282. The Morgan fingerprint density at radius 1 is 0.705 bits per heavy atom. The molecule has 0 aliphatic carbocycles. The highest BCUT2D eigenvalue weighted by Gasteiger charge is 2.38. The number of ether oxygens (including phenoxy) is 6. The van der Waals surface area contributed by atoms with E-state index in [1.807, 2.05) is 110 Å². The van der Waals surface area contributed by atoms with Gasteiger partial charge in [-0.15, -0.1) is 0 Å². The van der Waals surface area contributed by atoms with E-state index < -0.39 is 11.5 Å². The zero-order chi connectivity index (χ0) is 30.5. The summed E-state index contributed by atoms with van der Waals surface area (Å²) >= 11 is 0. The van der Waals surface area contributed by atoms with Gasteiger partial charge in [0.25, 0.3) is 5.91 Å². The van der Waals surface area contributed by atoms with Crippen LogP contribution < -0.4 is 24.4 Å². The first-order valence-electron chi connectivity index (χ1n) is 14.5. The molecule has 44 heavy (non-hydrogen) atoms. The Kier molecular flexibility index (Phi) is 11.1. The van der Waals surface area contributed by atoms with Crippen molar-refractivity contribution in [3.05, 3.63) is 120 Å². The van der Waals surface area contributed by atoms with Crippen LogP contribution in [-0.2, 0) is 31.3 Å². The van der Waals surface area contributed by atoms with Crippen LogP contribution in [0.3, 0.4) is 0 Å². The van der Waals surface area contributed by atoms with Crippen LogP contribution in [0.5, 0.6) is 23.0 Å². The summed E-state index contributed by atoms with van der Waals surface area (Å²) in [7, 11) is 0. The monoisotopic (exact) mass is 599 g/mol. The van der Waals surface area contributed by atoms with Crippen molar-refractivity contribution in [2.45, 2.75) is 19.1 Å². The second kappa shape index (κ2) is 15.8. The van der Waals surface area contributed by atoms with Gasteiger partial charge in [-0.2, -0.15) is 0 Å². The number of nitrogens with one attached hydrogen (secondary N) is 1. The number of benzene rings is 4. The fraction of sp³-hybridized carbons (Fsp3) is 0.286. The van der Waals surface area contributed by atoms with Gasteiger partial charge < -0.3 is 28.4 Å². The van der Waals surface area contributed by atoms with E-state index in [1.165, 1.54) is 0 Å². The highest BCUT2D eigenvalue weighted by Crippen LogP contribution is 2.34. The normalized spacial score (nSPS) is 15.2. The smallest absolute Gasteiger partial charge is 0.269 e. The molecule has 0 unspecified atom stereocenters. The van der Waals surface area contributed by atoms with Crippen LogP contribution in [0.15, 0.2) is 103 Å². The van der Waals surface area contributed by atoms with Crippen LogP contribution in [0, 0.1) is 6.92 Å². The van der Waals surface area contributed by atoms with Gasteiger partial charge >= 0.3 is 0 Å². The third-order valence-corrected chi connectivity index (χ3v) is 6.88. The molecule has 4 aromatic rings. The van der Waals surface area contributed by atoms with Crippen molar-refractivity contribution in [2.24, 2.45) is 0 Å². The predicted molar refractivity (Wildman–Crippen MR) is 164 cm³/mol. The number of rotatable bonds is 7. The fourth-order valence-corrected chi connectivity index (χ4v) is 4.60. The van der Waals surface area contributed by atoms with E-state index in [9.17, 15) is 4.79 Å². The summed E-state index contributed by atoms with van der Waals surface area (Å²) < 4.78 is 36.9. The number of fused-ring (bicyclic) bond motifs is 2. The molecule has 1 aliphatic rings. The van der Waals surface area contributed by atoms with Crippen LogP contribution in [-0.4, -0.2) is 52.2 Å². The summed E-state index contributed by atoms with van der Waals surface area (Å²) in [6.07, 6.45) is 0. The lowest BCUT2D eigenvalue weighted by atomic mass is 9.93. The molecule has 0 bridgehead atoms. The number of carbonyl (C=O) groups is 1. The fourth-order valence-electron chi connectivity index (χ4n) is 4.60. The lowest BCUT2D eigenvalue weighted by Gasteiger charge is -2.34. The van der Waals surface area contributed by atoms with Crippen molar-refractivity contribution in [2.75, 3.05) is 46.2 Å². The highest BCUT2D eigenvalue weighted by atomic mass is 16.7. The molecule has 0 fully saturated rings. The number of hydroxylamine groups is 1. The largest absolute Gasteiger partial charge is 0.487 e. The molecule has 0 atom stereocenters. The van der Waals surface area contributed by atoms with Gasteiger partial charge in [0.15, 0.2) is 28.6 Å². The van der Waals surface area contributed by atoms with Crippen molar-refractivity contribution < 1.29 is 38.1 Å². The molecule has 0 spiro atoms. The molecule has 1 N–H and O–H groups in total. The number of hydrogen-bond donors (Lipinski definition) is 1. The second-order valence-electron chi connectivity index (χ2n) is 10.2. The first kappa shape index (κ1) is 30.9. The lowest BCUT2D eigenvalue weighted by molar-refractivity contribution is -0.153. The van der Waals surface area contributed by atoms with Gasteiger partial charge in [-0.1, -0.05) is 84.4 Å². The Labute approximate surface area is 257 Å². The summed E-state index contributed by atoms with van der Waals surface area (Å²) in [4.78, 5) is 18.4. The van der Waals surface area contributed by atoms with Crippen LogP contribution in [0.25, 0.3) is 0 Å². The van der Waals surface area contributed by atoms with Gasteiger partial charge in [0, 0.05) is 0 Å². The van der Waals surface area contributed by atoms with E-state index in [4.69, 9.17) is 33.3 Å². The van der Waals surface area contributed by atoms with E-state index >= 15 is 0 Å². The molecule has 4 aromatic carbocycles. The Morgan fingerprint density at radius 3 is 1.86 bits per heavy atom. The van der Waals surface area contributed by atoms with Gasteiger partial charge in [0.1, 0.15) is 33.0 Å². The molecule has 230 valence electrons. The molecule has 1 amide bonds. The molecule has 9 heteroatoms. The van der Waals surface area contributed by atoms with E-state index in [2.05, 4.69) is 5.48 Å². The molecule has 5 rings (SSSR count). The zero-order valence-electron chi connectivity index (χ0n) is 24.7. The van der Waals surface area contributed by atoms with Gasteiger partial charge in [0.05, 0.1) is 19.8 Å². The number of aryl methyl sites for hydroxylation is 1. The van der Waals surface area contributed by atoms with Crippen LogP contribution in [0.1, 0.15) is 16.7 Å². The zero-order valence-corrected chi connectivity index (χ0v) is 24.7. The lowest BCUT2D eigenvalue weighted by Crippen LogP contribution is -2.45. The van der Waals surface area contributed by atoms with E-state index in [0.717, 1.165) is 16.7 Å². The van der Waals surface area contributed by atoms with Crippen LogP contribution >= 0.6 is 0 Å². The molecule has 0 radical (unpaired) electrons. The van der Waals surface area contributed by atoms with Gasteiger partial charge in [-0.25, -0.2) is 5.48 Å². The maximum atomic E-state index is 13.0. The number of amides is 1. The Balaban J connectivity index is 1.42. The summed E-state index contributed by atoms with van der Waals surface area (Å²) in [5, 5.41) is 0. The minimum Gasteiger partial charge on any atom is -0.487 e. The molecular weight excluding hydrogens is 562 g/mol. The van der Waals surface area contributed by atoms with E-state index in [1.54, 1.807) is 0 Å². The number of hydrogen-bond acceptors (Lipinski definition) is 8. The topological polar surface area (TPSA) is 93.7 Å². The third kappa shape index (κ3) is 8.73. The summed E-state index contributed by atoms with van der Waals surface area (Å²) in [5.74, 6) is 1.73. The molecule has 0 saturated heterocycles. The average molecular weight is 600 g/mol. The molecule has 0 aromatic heterocycles. The average Bonchev–Trinajstić information content (AvgIpc) is 3.05. The summed E-state index contributed by atoms with van der Waals surface area (Å²) in [6.45, 7) is 3.35. The number of para-hydroxylation sites is 4. The SMILES string of the molecule is Cc1cccc(C2(OCC(=O)NOCc3ccccc3)COc3ccccc3OCCOCCOc3ccccc3OC2)c1. The minimum atomic E-state index is -1.22. The Hall–Kier alpha value is -4.57. The van der Waals surface area contributed by atoms with Crippen molar-refractivity contribution in [3.63, 3.8) is 0 Å². The maximum absolute atomic E-state index is 13.0. The maximum Gasteiger partial charge on any atom is 0.269 e. The van der Waals surface area contributed by atoms with Crippen molar-refractivity contribution in [3.8, 4) is 23.0 Å². The standard InChI is InChI=1S/C35H37NO8/c1-27-10-9-13-29(22-27)35(43-24-34(37)36-44-23-28-11-3-2-4-12-28)25-41-32-16-7-5-14-30(32)39-20-18-38-19-21-40-31-15-6-8-17-33(31)42-26-35/h2-17,22H,18-21,23-26H2,1H3,(H,36,37). The van der Waals surface area contributed by atoms with Gasteiger partial charge in [-0.3, -0.25) is 9.63 Å². The molecule has 1 aliphatic heterocycles. The highest BCUT2D eigenvalue weighted by molar-refractivity contribution is 5.76. The number of carbonyl (C=O) groups excluding carboxylic acids is 1. The van der Waals surface area contributed by atoms with Crippen molar-refractivity contribution in [1.82, 2.24) is 5.48 Å². The van der Waals surface area contributed by atoms with E-state index in [0.29, 0.717) is 49.4 Å². The van der Waals surface area contributed by atoms with Crippen molar-refractivity contribution in [1.29, 1.82) is 0 Å². The third-order valence-electron chi connectivity index (χ3n) is 6.88. The molecule has 0 saturated carbocycles. The Bertz CT molecular complexity index is 1420. The predicted octanol–water partition coefficient (Wildman–Crippen LogP) is 5.40. The first-order chi connectivity index (χ1) is 21.6. The summed E-state index contributed by atoms with van der Waals surface area (Å²) in [6, 6.07) is 32.2. The summed E-state index contributed by atoms with van der Waals surface area (Å²) in [5.41, 5.74) is 3.98. The van der Waals surface area contributed by atoms with Crippen LogP contribution in [0.4, 0.5) is 0 Å². The minimum absolute atomic E-state index is 0.00844. The van der Waals surface area contributed by atoms with Crippen molar-refractivity contribution >= 4 is 5.91 Å². The Morgan fingerprint density at radius 2 is 1.27 bits per heavy atom. The molecular formula is C35H37NO8. The van der Waals surface area contributed by atoms with Gasteiger partial charge in [-0.05, 0) is 42.3 Å². The second-order valence-corrected chi connectivity index (χ2v) is 10.2. The molecule has 9 nitrogen and oxygen atoms in total. The van der Waals surface area contributed by atoms with E-state index in [-0.39, 0.29) is 26.4 Å². The molecule has 1 heterocycles. The first-order valence-corrected chi connectivity index (χ1v) is 14.5. The van der Waals surface area contributed by atoms with Crippen LogP contribution in [0.2, 0.25) is 0 Å². The van der Waals surface area contributed by atoms with Gasteiger partial charge in [0.2, 0.25) is 0 Å².